The first-order valence-corrected chi connectivity index (χ1v) is 6.81. The summed E-state index contributed by atoms with van der Waals surface area (Å²) in [6.07, 6.45) is 8.39. The van der Waals surface area contributed by atoms with Gasteiger partial charge in [-0.25, -0.2) is 0 Å². The van der Waals surface area contributed by atoms with Crippen LogP contribution in [-0.4, -0.2) is 27.4 Å². The molecule has 0 heterocycles. The van der Waals surface area contributed by atoms with Crippen molar-refractivity contribution in [1.82, 2.24) is 0 Å². The highest BCUT2D eigenvalue weighted by Gasteiger charge is 2.29. The summed E-state index contributed by atoms with van der Waals surface area (Å²) in [4.78, 5) is 0. The molecule has 0 saturated heterocycles. The van der Waals surface area contributed by atoms with Crippen LogP contribution in [0, 0.1) is 17.8 Å². The normalized spacial score (nSPS) is 20.2. The van der Waals surface area contributed by atoms with Gasteiger partial charge in [-0.15, -0.1) is 0 Å². The van der Waals surface area contributed by atoms with Crippen LogP contribution in [0.25, 0.3) is 0 Å². The van der Waals surface area contributed by atoms with Crippen LogP contribution in [0.5, 0.6) is 0 Å². The lowest BCUT2D eigenvalue weighted by Crippen LogP contribution is -2.31. The van der Waals surface area contributed by atoms with Crippen LogP contribution < -0.4 is 0 Å². The first kappa shape index (κ1) is 14.0. The highest BCUT2D eigenvalue weighted by atomic mass is 16.5. The molecule has 0 aromatic carbocycles. The third-order valence-corrected chi connectivity index (χ3v) is 4.09. The van der Waals surface area contributed by atoms with Gasteiger partial charge in [-0.05, 0) is 11.8 Å². The molecule has 1 atom stereocenters. The van der Waals surface area contributed by atoms with Crippen LogP contribution in [0.15, 0.2) is 0 Å². The quantitative estimate of drug-likeness (QED) is 0.664. The Morgan fingerprint density at radius 1 is 1.00 bits per heavy atom. The zero-order valence-corrected chi connectivity index (χ0v) is 11.2. The average molecular weight is 228 g/mol. The summed E-state index contributed by atoms with van der Waals surface area (Å²) < 4.78 is 10.7. The lowest BCUT2D eigenvalue weighted by Gasteiger charge is -2.34. The summed E-state index contributed by atoms with van der Waals surface area (Å²) in [5, 5.41) is 0. The molecule has 2 heteroatoms. The third-order valence-electron chi connectivity index (χ3n) is 4.09. The van der Waals surface area contributed by atoms with Gasteiger partial charge < -0.3 is 9.47 Å². The molecule has 1 aliphatic carbocycles. The van der Waals surface area contributed by atoms with E-state index in [0.29, 0.717) is 5.92 Å². The van der Waals surface area contributed by atoms with Crippen LogP contribution in [-0.2, 0) is 9.47 Å². The summed E-state index contributed by atoms with van der Waals surface area (Å²) in [6.45, 7) is 4.02. The second kappa shape index (κ2) is 8.08. The number of ether oxygens (including phenoxy) is 2. The Bertz CT molecular complexity index is 158. The van der Waals surface area contributed by atoms with E-state index >= 15 is 0 Å². The van der Waals surface area contributed by atoms with Crippen molar-refractivity contribution in [3.05, 3.63) is 0 Å². The highest BCUT2D eigenvalue weighted by molar-refractivity contribution is 4.78. The highest BCUT2D eigenvalue weighted by Crippen LogP contribution is 2.36. The predicted octanol–water partition coefficient (Wildman–Crippen LogP) is 3.50. The monoisotopic (exact) mass is 228 g/mol. The molecule has 0 radical (unpaired) electrons. The molecule has 1 aliphatic rings. The van der Waals surface area contributed by atoms with Gasteiger partial charge in [-0.1, -0.05) is 45.4 Å². The van der Waals surface area contributed by atoms with Crippen LogP contribution in [0.1, 0.15) is 45.4 Å². The Morgan fingerprint density at radius 3 is 2.00 bits per heavy atom. The van der Waals surface area contributed by atoms with Gasteiger partial charge >= 0.3 is 0 Å². The Kier molecular flexibility index (Phi) is 7.06. The van der Waals surface area contributed by atoms with Gasteiger partial charge in [0.15, 0.2) is 0 Å². The van der Waals surface area contributed by atoms with Gasteiger partial charge in [-0.2, -0.15) is 0 Å². The molecule has 96 valence electrons. The second-order valence-electron chi connectivity index (χ2n) is 5.14. The Labute approximate surface area is 101 Å². The van der Waals surface area contributed by atoms with Crippen molar-refractivity contribution in [1.29, 1.82) is 0 Å². The standard InChI is InChI=1S/C14H28O2/c1-4-14(12-8-6-5-7-9-12)13(10-15-2)11-16-3/h12-14H,4-11H2,1-3H3. The number of rotatable bonds is 7. The van der Waals surface area contributed by atoms with E-state index in [2.05, 4.69) is 6.92 Å². The molecule has 0 bridgehead atoms. The van der Waals surface area contributed by atoms with Crippen molar-refractivity contribution in [2.24, 2.45) is 17.8 Å². The summed E-state index contributed by atoms with van der Waals surface area (Å²) in [5.74, 6) is 2.29. The van der Waals surface area contributed by atoms with E-state index in [0.717, 1.165) is 25.0 Å². The van der Waals surface area contributed by atoms with E-state index in [4.69, 9.17) is 9.47 Å². The van der Waals surface area contributed by atoms with E-state index in [1.54, 1.807) is 14.2 Å². The molecular weight excluding hydrogens is 200 g/mol. The molecule has 0 aromatic heterocycles. The molecule has 0 spiro atoms. The van der Waals surface area contributed by atoms with Gasteiger partial charge in [0.2, 0.25) is 0 Å². The molecule has 1 rings (SSSR count). The molecule has 1 unspecified atom stereocenters. The Balaban J connectivity index is 2.52. The number of hydrogen-bond donors (Lipinski definition) is 0. The second-order valence-corrected chi connectivity index (χ2v) is 5.14. The number of methoxy groups -OCH3 is 2. The predicted molar refractivity (Wildman–Crippen MR) is 67.6 cm³/mol. The minimum Gasteiger partial charge on any atom is -0.384 e. The maximum Gasteiger partial charge on any atom is 0.0515 e. The lowest BCUT2D eigenvalue weighted by molar-refractivity contribution is 0.0270. The molecule has 0 aliphatic heterocycles. The van der Waals surface area contributed by atoms with Crippen LogP contribution >= 0.6 is 0 Å². The van der Waals surface area contributed by atoms with Crippen molar-refractivity contribution in [2.75, 3.05) is 27.4 Å². The van der Waals surface area contributed by atoms with Gasteiger partial charge in [0.25, 0.3) is 0 Å². The van der Waals surface area contributed by atoms with Gasteiger partial charge in [0, 0.05) is 20.1 Å². The zero-order valence-electron chi connectivity index (χ0n) is 11.2. The fourth-order valence-electron chi connectivity index (χ4n) is 3.34. The number of hydrogen-bond acceptors (Lipinski definition) is 2. The molecule has 1 saturated carbocycles. The smallest absolute Gasteiger partial charge is 0.0515 e. The Hall–Kier alpha value is -0.0800. The summed E-state index contributed by atoms with van der Waals surface area (Å²) >= 11 is 0. The van der Waals surface area contributed by atoms with E-state index in [1.807, 2.05) is 0 Å². The molecule has 0 aromatic rings. The molecule has 2 nitrogen and oxygen atoms in total. The largest absolute Gasteiger partial charge is 0.384 e. The van der Waals surface area contributed by atoms with Crippen molar-refractivity contribution < 1.29 is 9.47 Å². The van der Waals surface area contributed by atoms with Crippen molar-refractivity contribution >= 4 is 0 Å². The van der Waals surface area contributed by atoms with Gasteiger partial charge in [0.1, 0.15) is 0 Å². The first-order chi connectivity index (χ1) is 7.83. The van der Waals surface area contributed by atoms with Gasteiger partial charge in [0.05, 0.1) is 13.2 Å². The van der Waals surface area contributed by atoms with E-state index in [1.165, 1.54) is 38.5 Å². The van der Waals surface area contributed by atoms with Crippen molar-refractivity contribution in [3.8, 4) is 0 Å². The maximum absolute atomic E-state index is 5.35. The van der Waals surface area contributed by atoms with Crippen molar-refractivity contribution in [2.45, 2.75) is 45.4 Å². The first-order valence-electron chi connectivity index (χ1n) is 6.81. The molecule has 0 amide bonds. The van der Waals surface area contributed by atoms with Crippen molar-refractivity contribution in [3.63, 3.8) is 0 Å². The Morgan fingerprint density at radius 2 is 1.56 bits per heavy atom. The van der Waals surface area contributed by atoms with E-state index in [9.17, 15) is 0 Å². The molecule has 0 N–H and O–H groups in total. The lowest BCUT2D eigenvalue weighted by atomic mass is 9.73. The molecule has 16 heavy (non-hydrogen) atoms. The molecule has 1 fully saturated rings. The van der Waals surface area contributed by atoms with Crippen LogP contribution in [0.3, 0.4) is 0 Å². The third kappa shape index (κ3) is 4.06. The van der Waals surface area contributed by atoms with E-state index in [-0.39, 0.29) is 0 Å². The minimum atomic E-state index is 0.586. The van der Waals surface area contributed by atoms with E-state index < -0.39 is 0 Å². The van der Waals surface area contributed by atoms with Crippen LogP contribution in [0.4, 0.5) is 0 Å². The zero-order chi connectivity index (χ0) is 11.8. The fourth-order valence-corrected chi connectivity index (χ4v) is 3.34. The summed E-state index contributed by atoms with van der Waals surface area (Å²) in [7, 11) is 3.60. The fraction of sp³-hybridized carbons (Fsp3) is 1.00. The summed E-state index contributed by atoms with van der Waals surface area (Å²) in [6, 6.07) is 0. The molecular formula is C14H28O2. The van der Waals surface area contributed by atoms with Gasteiger partial charge in [-0.3, -0.25) is 0 Å². The van der Waals surface area contributed by atoms with Crippen LogP contribution in [0.2, 0.25) is 0 Å². The maximum atomic E-state index is 5.35. The average Bonchev–Trinajstić information content (AvgIpc) is 2.32. The summed E-state index contributed by atoms with van der Waals surface area (Å²) in [5.41, 5.74) is 0. The minimum absolute atomic E-state index is 0.586. The SMILES string of the molecule is CCC(C1CCCCC1)C(COC)COC. The topological polar surface area (TPSA) is 18.5 Å².